The normalized spacial score (nSPS) is 15.0. The van der Waals surface area contributed by atoms with Crippen molar-refractivity contribution < 1.29 is 9.53 Å². The van der Waals surface area contributed by atoms with Crippen LogP contribution in [0.5, 0.6) is 5.75 Å². The van der Waals surface area contributed by atoms with E-state index >= 15 is 0 Å². The monoisotopic (exact) mass is 446 g/mol. The Labute approximate surface area is 178 Å². The maximum absolute atomic E-state index is 13.3. The SMILES string of the molecule is COc1ccc(/C=C2/N=C(c3ccc(C)cc3)N(c3cccc(Br)c3)C2=O)cc1. The molecular formula is C24H19BrN2O2. The number of aryl methyl sites for hydroxylation is 1. The first-order valence-corrected chi connectivity index (χ1v) is 9.96. The molecule has 4 rings (SSSR count). The van der Waals surface area contributed by atoms with Gasteiger partial charge in [-0.1, -0.05) is 64.0 Å². The van der Waals surface area contributed by atoms with Crippen LogP contribution in [-0.4, -0.2) is 18.9 Å². The van der Waals surface area contributed by atoms with Crippen molar-refractivity contribution in [3.05, 3.63) is 99.7 Å². The fraction of sp³-hybridized carbons (Fsp3) is 0.0833. The quantitative estimate of drug-likeness (QED) is 0.489. The third-order valence-electron chi connectivity index (χ3n) is 4.66. The number of rotatable bonds is 4. The summed E-state index contributed by atoms with van der Waals surface area (Å²) in [5.41, 5.74) is 4.09. The first kappa shape index (κ1) is 19.2. The molecule has 5 heteroatoms. The molecule has 0 saturated carbocycles. The Morgan fingerprint density at radius 2 is 1.72 bits per heavy atom. The molecule has 0 unspecified atom stereocenters. The van der Waals surface area contributed by atoms with E-state index in [-0.39, 0.29) is 5.91 Å². The van der Waals surface area contributed by atoms with Crippen molar-refractivity contribution in [1.82, 2.24) is 0 Å². The van der Waals surface area contributed by atoms with Gasteiger partial charge in [-0.15, -0.1) is 0 Å². The topological polar surface area (TPSA) is 41.9 Å². The molecule has 0 bridgehead atoms. The minimum absolute atomic E-state index is 0.158. The molecule has 4 nitrogen and oxygen atoms in total. The van der Waals surface area contributed by atoms with Crippen LogP contribution in [0, 0.1) is 6.92 Å². The van der Waals surface area contributed by atoms with Crippen molar-refractivity contribution in [3.63, 3.8) is 0 Å². The molecule has 0 fully saturated rings. The highest BCUT2D eigenvalue weighted by Gasteiger charge is 2.32. The summed E-state index contributed by atoms with van der Waals surface area (Å²) in [6, 6.07) is 23.2. The minimum atomic E-state index is -0.158. The fourth-order valence-electron chi connectivity index (χ4n) is 3.13. The predicted molar refractivity (Wildman–Crippen MR) is 120 cm³/mol. The summed E-state index contributed by atoms with van der Waals surface area (Å²) >= 11 is 3.49. The Morgan fingerprint density at radius 3 is 2.38 bits per heavy atom. The van der Waals surface area contributed by atoms with E-state index in [1.54, 1.807) is 18.1 Å². The zero-order valence-electron chi connectivity index (χ0n) is 16.1. The van der Waals surface area contributed by atoms with Gasteiger partial charge < -0.3 is 4.74 Å². The maximum Gasteiger partial charge on any atom is 0.282 e. The van der Waals surface area contributed by atoms with E-state index in [2.05, 4.69) is 15.9 Å². The zero-order valence-corrected chi connectivity index (χ0v) is 17.7. The van der Waals surface area contributed by atoms with Gasteiger partial charge in [-0.3, -0.25) is 9.69 Å². The Balaban J connectivity index is 1.80. The van der Waals surface area contributed by atoms with E-state index in [0.29, 0.717) is 11.5 Å². The van der Waals surface area contributed by atoms with Crippen molar-refractivity contribution in [1.29, 1.82) is 0 Å². The molecule has 0 saturated heterocycles. The van der Waals surface area contributed by atoms with Crippen molar-refractivity contribution in [3.8, 4) is 5.75 Å². The van der Waals surface area contributed by atoms with E-state index in [0.717, 1.165) is 32.6 Å². The van der Waals surface area contributed by atoms with Gasteiger partial charge in [-0.2, -0.15) is 0 Å². The number of hydrogen-bond acceptors (Lipinski definition) is 3. The summed E-state index contributed by atoms with van der Waals surface area (Å²) in [7, 11) is 1.63. The molecule has 0 radical (unpaired) electrons. The number of nitrogens with zero attached hydrogens (tertiary/aromatic N) is 2. The molecule has 0 N–H and O–H groups in total. The lowest BCUT2D eigenvalue weighted by Gasteiger charge is -2.19. The van der Waals surface area contributed by atoms with Gasteiger partial charge in [0, 0.05) is 10.0 Å². The molecule has 0 aliphatic carbocycles. The van der Waals surface area contributed by atoms with Crippen LogP contribution in [0.3, 0.4) is 0 Å². The standard InChI is InChI=1S/C24H19BrN2O2/c1-16-6-10-18(11-7-16)23-26-22(14-17-8-12-21(29-2)13-9-17)24(28)27(23)20-5-3-4-19(25)15-20/h3-15H,1-2H3/b22-14+. The second-order valence-corrected chi connectivity index (χ2v) is 7.64. The molecule has 1 aliphatic heterocycles. The van der Waals surface area contributed by atoms with E-state index in [1.807, 2.05) is 79.7 Å². The van der Waals surface area contributed by atoms with Crippen molar-refractivity contribution in [2.45, 2.75) is 6.92 Å². The van der Waals surface area contributed by atoms with E-state index in [9.17, 15) is 4.79 Å². The summed E-state index contributed by atoms with van der Waals surface area (Å²) in [5, 5.41) is 0. The van der Waals surface area contributed by atoms with E-state index < -0.39 is 0 Å². The highest BCUT2D eigenvalue weighted by Crippen LogP contribution is 2.30. The highest BCUT2D eigenvalue weighted by molar-refractivity contribution is 9.10. The van der Waals surface area contributed by atoms with E-state index in [1.165, 1.54) is 0 Å². The number of amides is 1. The van der Waals surface area contributed by atoms with Crippen LogP contribution in [0.2, 0.25) is 0 Å². The second kappa shape index (κ2) is 8.05. The van der Waals surface area contributed by atoms with Gasteiger partial charge in [0.15, 0.2) is 0 Å². The highest BCUT2D eigenvalue weighted by atomic mass is 79.9. The van der Waals surface area contributed by atoms with Crippen molar-refractivity contribution >= 4 is 39.4 Å². The number of aliphatic imine (C=N–C) groups is 1. The molecule has 1 amide bonds. The maximum atomic E-state index is 13.3. The number of halogens is 1. The first-order chi connectivity index (χ1) is 14.0. The van der Waals surface area contributed by atoms with Crippen LogP contribution in [0.4, 0.5) is 5.69 Å². The van der Waals surface area contributed by atoms with Gasteiger partial charge in [0.25, 0.3) is 5.91 Å². The van der Waals surface area contributed by atoms with Crippen LogP contribution < -0.4 is 9.64 Å². The molecule has 29 heavy (non-hydrogen) atoms. The fourth-order valence-corrected chi connectivity index (χ4v) is 3.51. The number of anilines is 1. The van der Waals surface area contributed by atoms with Crippen molar-refractivity contribution in [2.75, 3.05) is 12.0 Å². The van der Waals surface area contributed by atoms with Gasteiger partial charge in [0.2, 0.25) is 0 Å². The van der Waals surface area contributed by atoms with Crippen LogP contribution in [-0.2, 0) is 4.79 Å². The lowest BCUT2D eigenvalue weighted by molar-refractivity contribution is -0.113. The number of ether oxygens (including phenoxy) is 1. The van der Waals surface area contributed by atoms with E-state index in [4.69, 9.17) is 9.73 Å². The Morgan fingerprint density at radius 1 is 1.00 bits per heavy atom. The summed E-state index contributed by atoms with van der Waals surface area (Å²) in [5.74, 6) is 1.23. The lowest BCUT2D eigenvalue weighted by Crippen LogP contribution is -2.32. The van der Waals surface area contributed by atoms with Gasteiger partial charge in [0.1, 0.15) is 17.3 Å². The Hall–Kier alpha value is -3.18. The first-order valence-electron chi connectivity index (χ1n) is 9.16. The Kier molecular flexibility index (Phi) is 5.32. The largest absolute Gasteiger partial charge is 0.497 e. The molecular weight excluding hydrogens is 428 g/mol. The molecule has 3 aromatic carbocycles. The zero-order chi connectivity index (χ0) is 20.4. The van der Waals surface area contributed by atoms with Gasteiger partial charge in [-0.05, 0) is 48.9 Å². The van der Waals surface area contributed by atoms with Crippen LogP contribution in [0.1, 0.15) is 16.7 Å². The number of methoxy groups -OCH3 is 1. The smallest absolute Gasteiger partial charge is 0.282 e. The number of benzene rings is 3. The summed E-state index contributed by atoms with van der Waals surface area (Å²) in [4.78, 5) is 19.7. The molecule has 3 aromatic rings. The predicted octanol–water partition coefficient (Wildman–Crippen LogP) is 5.60. The second-order valence-electron chi connectivity index (χ2n) is 6.72. The summed E-state index contributed by atoms with van der Waals surface area (Å²) in [6.45, 7) is 2.03. The minimum Gasteiger partial charge on any atom is -0.497 e. The van der Waals surface area contributed by atoms with Crippen LogP contribution in [0.15, 0.2) is 88.0 Å². The Bertz CT molecular complexity index is 1120. The van der Waals surface area contributed by atoms with Gasteiger partial charge in [-0.25, -0.2) is 4.99 Å². The number of carbonyl (C=O) groups is 1. The summed E-state index contributed by atoms with van der Waals surface area (Å²) in [6.07, 6.45) is 1.80. The average Bonchev–Trinajstić information content (AvgIpc) is 3.05. The lowest BCUT2D eigenvalue weighted by atomic mass is 10.1. The number of amidine groups is 1. The third kappa shape index (κ3) is 4.00. The third-order valence-corrected chi connectivity index (χ3v) is 5.15. The van der Waals surface area contributed by atoms with Crippen molar-refractivity contribution in [2.24, 2.45) is 4.99 Å². The molecule has 0 spiro atoms. The van der Waals surface area contributed by atoms with Gasteiger partial charge in [0.05, 0.1) is 12.8 Å². The molecule has 1 aliphatic rings. The average molecular weight is 447 g/mol. The molecule has 0 atom stereocenters. The summed E-state index contributed by atoms with van der Waals surface area (Å²) < 4.78 is 6.10. The van der Waals surface area contributed by atoms with Crippen LogP contribution >= 0.6 is 15.9 Å². The number of carbonyl (C=O) groups excluding carboxylic acids is 1. The molecule has 0 aromatic heterocycles. The van der Waals surface area contributed by atoms with Crippen LogP contribution in [0.25, 0.3) is 6.08 Å². The molecule has 1 heterocycles. The van der Waals surface area contributed by atoms with Gasteiger partial charge >= 0.3 is 0 Å². The molecule has 144 valence electrons. The number of hydrogen-bond donors (Lipinski definition) is 0.